The van der Waals surface area contributed by atoms with Crippen LogP contribution in [0.15, 0.2) is 17.5 Å². The van der Waals surface area contributed by atoms with Crippen molar-refractivity contribution in [1.82, 2.24) is 9.96 Å². The Morgan fingerprint density at radius 3 is 3.00 bits per heavy atom. The minimum atomic E-state index is -0.377. The Hall–Kier alpha value is -1.40. The van der Waals surface area contributed by atoms with Crippen LogP contribution in [0.2, 0.25) is 0 Å². The summed E-state index contributed by atoms with van der Waals surface area (Å²) in [6.07, 6.45) is 1.95. The number of carbonyl (C=O) groups excluding carboxylic acids is 2. The van der Waals surface area contributed by atoms with Crippen LogP contribution >= 0.6 is 11.3 Å². The summed E-state index contributed by atoms with van der Waals surface area (Å²) < 4.78 is 0. The zero-order valence-electron chi connectivity index (χ0n) is 11.2. The van der Waals surface area contributed by atoms with Crippen LogP contribution in [0.1, 0.15) is 17.7 Å². The molecule has 0 unspecified atom stereocenters. The molecule has 1 atom stereocenters. The number of hydroxylamine groups is 2. The molecule has 1 aromatic heterocycles. The van der Waals surface area contributed by atoms with E-state index in [2.05, 4.69) is 0 Å². The molecule has 1 aliphatic heterocycles. The second-order valence-electron chi connectivity index (χ2n) is 4.52. The lowest BCUT2D eigenvalue weighted by atomic mass is 10.2. The van der Waals surface area contributed by atoms with Gasteiger partial charge < -0.3 is 4.90 Å². The van der Waals surface area contributed by atoms with E-state index >= 15 is 0 Å². The van der Waals surface area contributed by atoms with Gasteiger partial charge in [-0.25, -0.2) is 5.06 Å². The van der Waals surface area contributed by atoms with Gasteiger partial charge in [0.25, 0.3) is 5.91 Å². The van der Waals surface area contributed by atoms with Crippen LogP contribution < -0.4 is 0 Å². The fraction of sp³-hybridized carbons (Fsp3) is 0.538. The minimum absolute atomic E-state index is 0.0165. The zero-order chi connectivity index (χ0) is 13.8. The highest BCUT2D eigenvalue weighted by Gasteiger charge is 2.35. The lowest BCUT2D eigenvalue weighted by Gasteiger charge is -2.26. The summed E-state index contributed by atoms with van der Waals surface area (Å²) in [5.74, 6) is -0.137. The number of rotatable bonds is 4. The van der Waals surface area contributed by atoms with Crippen molar-refractivity contribution >= 4 is 23.2 Å². The van der Waals surface area contributed by atoms with Gasteiger partial charge in [0.05, 0.1) is 13.5 Å². The van der Waals surface area contributed by atoms with Crippen molar-refractivity contribution in [1.29, 1.82) is 0 Å². The molecule has 104 valence electrons. The standard InChI is InChI=1S/C13H18N2O3S/c1-14(18-2)13(17)11-6-3-7-15(11)12(16)9-10-5-4-8-19-10/h4-5,8,11H,3,6-7,9H2,1-2H3/t11-/m0/s1. The average molecular weight is 282 g/mol. The minimum Gasteiger partial charge on any atom is -0.330 e. The van der Waals surface area contributed by atoms with Crippen molar-refractivity contribution < 1.29 is 14.4 Å². The molecule has 0 N–H and O–H groups in total. The number of amides is 2. The van der Waals surface area contributed by atoms with Gasteiger partial charge in [-0.2, -0.15) is 0 Å². The highest BCUT2D eigenvalue weighted by molar-refractivity contribution is 7.10. The van der Waals surface area contributed by atoms with E-state index in [1.807, 2.05) is 17.5 Å². The monoisotopic (exact) mass is 282 g/mol. The summed E-state index contributed by atoms with van der Waals surface area (Å²) in [5, 5.41) is 3.15. The van der Waals surface area contributed by atoms with Crippen LogP contribution in [-0.4, -0.2) is 48.5 Å². The molecule has 2 rings (SSSR count). The largest absolute Gasteiger partial charge is 0.330 e. The Balaban J connectivity index is 2.02. The zero-order valence-corrected chi connectivity index (χ0v) is 12.0. The molecule has 1 aliphatic rings. The summed E-state index contributed by atoms with van der Waals surface area (Å²) in [4.78, 5) is 32.0. The van der Waals surface area contributed by atoms with Crippen LogP contribution in [0, 0.1) is 0 Å². The van der Waals surface area contributed by atoms with Gasteiger partial charge in [0.2, 0.25) is 5.91 Å². The van der Waals surface area contributed by atoms with Crippen molar-refractivity contribution in [2.24, 2.45) is 0 Å². The number of nitrogens with zero attached hydrogens (tertiary/aromatic N) is 2. The van der Waals surface area contributed by atoms with Crippen LogP contribution in [0.4, 0.5) is 0 Å². The molecule has 1 fully saturated rings. The summed E-state index contributed by atoms with van der Waals surface area (Å²) >= 11 is 1.56. The van der Waals surface area contributed by atoms with E-state index in [9.17, 15) is 9.59 Å². The van der Waals surface area contributed by atoms with E-state index in [1.54, 1.807) is 23.3 Å². The van der Waals surface area contributed by atoms with Gasteiger partial charge in [-0.05, 0) is 24.3 Å². The topological polar surface area (TPSA) is 49.9 Å². The van der Waals surface area contributed by atoms with Crippen molar-refractivity contribution in [3.63, 3.8) is 0 Å². The van der Waals surface area contributed by atoms with Crippen LogP contribution in [0.25, 0.3) is 0 Å². The average Bonchev–Trinajstić information content (AvgIpc) is 3.07. The Kier molecular flexibility index (Phi) is 4.55. The summed E-state index contributed by atoms with van der Waals surface area (Å²) in [6.45, 7) is 0.651. The van der Waals surface area contributed by atoms with E-state index in [1.165, 1.54) is 12.2 Å². The highest BCUT2D eigenvalue weighted by Crippen LogP contribution is 2.21. The molecule has 0 radical (unpaired) electrons. The summed E-state index contributed by atoms with van der Waals surface area (Å²) in [7, 11) is 3.02. The summed E-state index contributed by atoms with van der Waals surface area (Å²) in [6, 6.07) is 3.49. The molecule has 0 aromatic carbocycles. The molecular weight excluding hydrogens is 264 g/mol. The number of hydrogen-bond acceptors (Lipinski definition) is 4. The van der Waals surface area contributed by atoms with Crippen LogP contribution in [0.3, 0.4) is 0 Å². The molecule has 2 heterocycles. The first-order valence-electron chi connectivity index (χ1n) is 6.27. The predicted molar refractivity (Wildman–Crippen MR) is 72.5 cm³/mol. The van der Waals surface area contributed by atoms with Gasteiger partial charge in [0, 0.05) is 18.5 Å². The fourth-order valence-corrected chi connectivity index (χ4v) is 2.98. The highest BCUT2D eigenvalue weighted by atomic mass is 32.1. The number of likely N-dealkylation sites (N-methyl/N-ethyl adjacent to an activating group) is 1. The van der Waals surface area contributed by atoms with Gasteiger partial charge >= 0.3 is 0 Å². The molecule has 0 bridgehead atoms. The fourth-order valence-electron chi connectivity index (χ4n) is 2.29. The maximum atomic E-state index is 12.3. The molecule has 5 nitrogen and oxygen atoms in total. The SMILES string of the molecule is CON(C)C(=O)[C@@H]1CCCN1C(=O)Cc1cccs1. The van der Waals surface area contributed by atoms with Gasteiger partial charge in [-0.15, -0.1) is 11.3 Å². The van der Waals surface area contributed by atoms with Gasteiger partial charge in [-0.3, -0.25) is 14.4 Å². The predicted octanol–water partition coefficient (Wildman–Crippen LogP) is 1.30. The molecule has 1 aromatic rings. The lowest BCUT2D eigenvalue weighted by Crippen LogP contribution is -2.46. The molecule has 0 saturated carbocycles. The van der Waals surface area contributed by atoms with E-state index < -0.39 is 0 Å². The first kappa shape index (κ1) is 14.0. The Morgan fingerprint density at radius 2 is 2.37 bits per heavy atom. The number of hydrogen-bond donors (Lipinski definition) is 0. The molecule has 0 aliphatic carbocycles. The lowest BCUT2D eigenvalue weighted by molar-refractivity contribution is -0.175. The molecule has 1 saturated heterocycles. The quantitative estimate of drug-likeness (QED) is 0.782. The second kappa shape index (κ2) is 6.16. The first-order valence-corrected chi connectivity index (χ1v) is 7.15. The van der Waals surface area contributed by atoms with Gasteiger partial charge in [-0.1, -0.05) is 6.07 Å². The normalized spacial score (nSPS) is 18.6. The van der Waals surface area contributed by atoms with Crippen molar-refractivity contribution in [3.8, 4) is 0 Å². The maximum Gasteiger partial charge on any atom is 0.268 e. The maximum absolute atomic E-state index is 12.3. The van der Waals surface area contributed by atoms with Crippen molar-refractivity contribution in [2.75, 3.05) is 20.7 Å². The number of thiophene rings is 1. The molecule has 0 spiro atoms. The Labute approximate surface area is 116 Å². The van der Waals surface area contributed by atoms with Crippen molar-refractivity contribution in [3.05, 3.63) is 22.4 Å². The van der Waals surface area contributed by atoms with E-state index in [-0.39, 0.29) is 17.9 Å². The van der Waals surface area contributed by atoms with Crippen LogP contribution in [0.5, 0.6) is 0 Å². The smallest absolute Gasteiger partial charge is 0.268 e. The molecule has 6 heteroatoms. The summed E-state index contributed by atoms with van der Waals surface area (Å²) in [5.41, 5.74) is 0. The molecule has 2 amide bonds. The van der Waals surface area contributed by atoms with E-state index in [0.29, 0.717) is 19.4 Å². The third-order valence-electron chi connectivity index (χ3n) is 3.35. The van der Waals surface area contributed by atoms with Crippen LogP contribution in [-0.2, 0) is 20.8 Å². The van der Waals surface area contributed by atoms with Gasteiger partial charge in [0.1, 0.15) is 6.04 Å². The van der Waals surface area contributed by atoms with Gasteiger partial charge in [0.15, 0.2) is 0 Å². The number of carbonyl (C=O) groups is 2. The number of likely N-dealkylation sites (tertiary alicyclic amines) is 1. The molecule has 19 heavy (non-hydrogen) atoms. The third kappa shape index (κ3) is 3.13. The Bertz CT molecular complexity index is 447. The third-order valence-corrected chi connectivity index (χ3v) is 4.22. The second-order valence-corrected chi connectivity index (χ2v) is 5.55. The molecular formula is C13H18N2O3S. The van der Waals surface area contributed by atoms with E-state index in [4.69, 9.17) is 4.84 Å². The van der Waals surface area contributed by atoms with E-state index in [0.717, 1.165) is 11.3 Å². The van der Waals surface area contributed by atoms with Crippen molar-refractivity contribution in [2.45, 2.75) is 25.3 Å². The first-order chi connectivity index (χ1) is 9.13. The Morgan fingerprint density at radius 1 is 1.58 bits per heavy atom.